The second kappa shape index (κ2) is 4.64. The van der Waals surface area contributed by atoms with Gasteiger partial charge in [-0.05, 0) is 28.1 Å². The first-order valence-corrected chi connectivity index (χ1v) is 4.55. The lowest BCUT2D eigenvalue weighted by atomic mass is 10.2. The third-order valence-corrected chi connectivity index (χ3v) is 2.21. The highest BCUT2D eigenvalue weighted by atomic mass is 79.9. The molecule has 0 unspecified atom stereocenters. The first kappa shape index (κ1) is 10.6. The van der Waals surface area contributed by atoms with E-state index in [1.54, 1.807) is 0 Å². The molecule has 0 saturated heterocycles. The molecule has 4 heteroatoms. The fourth-order valence-electron chi connectivity index (χ4n) is 0.914. The predicted molar refractivity (Wildman–Crippen MR) is 56.1 cm³/mol. The molecule has 1 N–H and O–H groups in total. The Morgan fingerprint density at radius 2 is 2.29 bits per heavy atom. The summed E-state index contributed by atoms with van der Waals surface area (Å²) >= 11 is 3.15. The van der Waals surface area contributed by atoms with Gasteiger partial charge in [-0.3, -0.25) is 0 Å². The van der Waals surface area contributed by atoms with Crippen molar-refractivity contribution in [3.05, 3.63) is 28.0 Å². The van der Waals surface area contributed by atoms with Gasteiger partial charge in [0.25, 0.3) is 0 Å². The van der Waals surface area contributed by atoms with Crippen LogP contribution in [-0.2, 0) is 0 Å². The molecule has 0 heterocycles. The SMILES string of the molecule is C#CCNc1cc(Br)c(C#N)cc1F. The van der Waals surface area contributed by atoms with Crippen molar-refractivity contribution in [2.75, 3.05) is 11.9 Å². The van der Waals surface area contributed by atoms with Gasteiger partial charge in [-0.15, -0.1) is 6.42 Å². The maximum Gasteiger partial charge on any atom is 0.147 e. The van der Waals surface area contributed by atoms with Crippen LogP contribution < -0.4 is 5.32 Å². The van der Waals surface area contributed by atoms with E-state index < -0.39 is 5.82 Å². The maximum atomic E-state index is 13.2. The molecule has 0 atom stereocenters. The lowest BCUT2D eigenvalue weighted by molar-refractivity contribution is 0.630. The van der Waals surface area contributed by atoms with Crippen LogP contribution in [0.15, 0.2) is 16.6 Å². The number of nitrogens with one attached hydrogen (secondary N) is 1. The van der Waals surface area contributed by atoms with Crippen LogP contribution in [0.5, 0.6) is 0 Å². The average Bonchev–Trinajstić information content (AvgIpc) is 2.18. The zero-order chi connectivity index (χ0) is 10.6. The molecule has 0 amide bonds. The topological polar surface area (TPSA) is 35.8 Å². The Morgan fingerprint density at radius 1 is 1.57 bits per heavy atom. The summed E-state index contributed by atoms with van der Waals surface area (Å²) in [6, 6.07) is 4.51. The molecule has 14 heavy (non-hydrogen) atoms. The van der Waals surface area contributed by atoms with Crippen LogP contribution >= 0.6 is 15.9 Å². The van der Waals surface area contributed by atoms with E-state index in [1.165, 1.54) is 6.07 Å². The standard InChI is InChI=1S/C10H6BrFN2/c1-2-3-14-10-5-8(11)7(6-13)4-9(10)12/h1,4-5,14H,3H2. The van der Waals surface area contributed by atoms with Crippen LogP contribution in [0, 0.1) is 29.5 Å². The van der Waals surface area contributed by atoms with E-state index in [0.717, 1.165) is 6.07 Å². The molecule has 1 aromatic rings. The summed E-state index contributed by atoms with van der Waals surface area (Å²) in [4.78, 5) is 0. The van der Waals surface area contributed by atoms with Crippen molar-refractivity contribution in [2.24, 2.45) is 0 Å². The van der Waals surface area contributed by atoms with Gasteiger partial charge in [0.2, 0.25) is 0 Å². The monoisotopic (exact) mass is 252 g/mol. The van der Waals surface area contributed by atoms with E-state index >= 15 is 0 Å². The van der Waals surface area contributed by atoms with E-state index in [-0.39, 0.29) is 17.8 Å². The molecule has 1 rings (SSSR count). The molecule has 0 radical (unpaired) electrons. The number of hydrogen-bond acceptors (Lipinski definition) is 2. The van der Waals surface area contributed by atoms with E-state index in [2.05, 4.69) is 27.2 Å². The number of anilines is 1. The molecular weight excluding hydrogens is 247 g/mol. The maximum absolute atomic E-state index is 13.2. The minimum Gasteiger partial charge on any atom is -0.372 e. The largest absolute Gasteiger partial charge is 0.372 e. The zero-order valence-corrected chi connectivity index (χ0v) is 8.73. The van der Waals surface area contributed by atoms with Crippen LogP contribution in [0.25, 0.3) is 0 Å². The van der Waals surface area contributed by atoms with Gasteiger partial charge < -0.3 is 5.32 Å². The highest BCUT2D eigenvalue weighted by molar-refractivity contribution is 9.10. The minimum absolute atomic E-state index is 0.245. The van der Waals surface area contributed by atoms with Gasteiger partial charge in [-0.25, -0.2) is 4.39 Å². The number of halogens is 2. The first-order chi connectivity index (χ1) is 6.69. The lowest BCUT2D eigenvalue weighted by Crippen LogP contribution is -2.01. The highest BCUT2D eigenvalue weighted by Crippen LogP contribution is 2.24. The van der Waals surface area contributed by atoms with Gasteiger partial charge in [-0.2, -0.15) is 5.26 Å². The van der Waals surface area contributed by atoms with Crippen molar-refractivity contribution < 1.29 is 4.39 Å². The van der Waals surface area contributed by atoms with Gasteiger partial charge in [0, 0.05) is 4.47 Å². The normalized spacial score (nSPS) is 8.86. The summed E-state index contributed by atoms with van der Waals surface area (Å²) in [6.07, 6.45) is 5.02. The molecule has 0 fully saturated rings. The summed E-state index contributed by atoms with van der Waals surface area (Å²) in [6.45, 7) is 0.245. The average molecular weight is 253 g/mol. The predicted octanol–water partition coefficient (Wildman–Crippen LogP) is 2.50. The third kappa shape index (κ3) is 2.25. The fraction of sp³-hybridized carbons (Fsp3) is 0.100. The van der Waals surface area contributed by atoms with Crippen LogP contribution in [0.4, 0.5) is 10.1 Å². The van der Waals surface area contributed by atoms with Gasteiger partial charge in [0.15, 0.2) is 0 Å². The number of nitrogens with zero attached hydrogens (tertiary/aromatic N) is 1. The molecule has 1 aromatic carbocycles. The summed E-state index contributed by atoms with van der Waals surface area (Å²) in [5, 5.41) is 11.3. The molecule has 0 spiro atoms. The van der Waals surface area contributed by atoms with Crippen molar-refractivity contribution >= 4 is 21.6 Å². The molecule has 0 aliphatic carbocycles. The molecule has 70 valence electrons. The Morgan fingerprint density at radius 3 is 2.86 bits per heavy atom. The Balaban J connectivity index is 3.05. The van der Waals surface area contributed by atoms with Crippen molar-refractivity contribution in [1.82, 2.24) is 0 Å². The van der Waals surface area contributed by atoms with Crippen LogP contribution in [-0.4, -0.2) is 6.54 Å². The highest BCUT2D eigenvalue weighted by Gasteiger charge is 2.06. The van der Waals surface area contributed by atoms with Crippen molar-refractivity contribution in [3.8, 4) is 18.4 Å². The van der Waals surface area contributed by atoms with Gasteiger partial charge >= 0.3 is 0 Å². The quantitative estimate of drug-likeness (QED) is 0.822. The molecule has 0 aromatic heterocycles. The number of nitriles is 1. The summed E-state index contributed by atoms with van der Waals surface area (Å²) < 4.78 is 13.8. The summed E-state index contributed by atoms with van der Waals surface area (Å²) in [5.41, 5.74) is 0.544. The minimum atomic E-state index is -0.486. The number of rotatable bonds is 2. The number of benzene rings is 1. The second-order valence-electron chi connectivity index (χ2n) is 2.48. The Hall–Kier alpha value is -1.52. The molecule has 2 nitrogen and oxygen atoms in total. The number of hydrogen-bond donors (Lipinski definition) is 1. The van der Waals surface area contributed by atoms with Crippen molar-refractivity contribution in [2.45, 2.75) is 0 Å². The molecule has 0 aliphatic rings. The molecule has 0 aliphatic heterocycles. The van der Waals surface area contributed by atoms with Gasteiger partial charge in [0.05, 0.1) is 17.8 Å². The van der Waals surface area contributed by atoms with Gasteiger partial charge in [-0.1, -0.05) is 5.92 Å². The molecule has 0 saturated carbocycles. The Labute approximate surface area is 89.9 Å². The smallest absolute Gasteiger partial charge is 0.147 e. The van der Waals surface area contributed by atoms with Crippen molar-refractivity contribution in [1.29, 1.82) is 5.26 Å². The van der Waals surface area contributed by atoms with E-state index in [9.17, 15) is 4.39 Å². The Bertz CT molecular complexity index is 429. The van der Waals surface area contributed by atoms with Gasteiger partial charge in [0.1, 0.15) is 11.9 Å². The zero-order valence-electron chi connectivity index (χ0n) is 7.14. The summed E-state index contributed by atoms with van der Waals surface area (Å²) in [5.74, 6) is 1.85. The van der Waals surface area contributed by atoms with E-state index in [4.69, 9.17) is 11.7 Å². The van der Waals surface area contributed by atoms with Crippen LogP contribution in [0.2, 0.25) is 0 Å². The molecular formula is C10H6BrFN2. The van der Waals surface area contributed by atoms with Crippen LogP contribution in [0.3, 0.4) is 0 Å². The second-order valence-corrected chi connectivity index (χ2v) is 3.34. The van der Waals surface area contributed by atoms with E-state index in [0.29, 0.717) is 4.47 Å². The Kier molecular flexibility index (Phi) is 3.50. The lowest BCUT2D eigenvalue weighted by Gasteiger charge is -2.05. The summed E-state index contributed by atoms with van der Waals surface area (Å²) in [7, 11) is 0. The van der Waals surface area contributed by atoms with Crippen molar-refractivity contribution in [3.63, 3.8) is 0 Å². The third-order valence-electron chi connectivity index (χ3n) is 1.56. The van der Waals surface area contributed by atoms with E-state index in [1.807, 2.05) is 6.07 Å². The first-order valence-electron chi connectivity index (χ1n) is 3.75. The molecule has 0 bridgehead atoms. The number of terminal acetylenes is 1. The fourth-order valence-corrected chi connectivity index (χ4v) is 1.35. The van der Waals surface area contributed by atoms with Crippen LogP contribution in [0.1, 0.15) is 5.56 Å².